The van der Waals surface area contributed by atoms with E-state index in [1.807, 2.05) is 0 Å². The minimum Gasteiger partial charge on any atom is -1.00 e. The van der Waals surface area contributed by atoms with Gasteiger partial charge in [-0.1, -0.05) is 0 Å². The number of aliphatic hydroxyl groups excluding tert-OH is 2. The third-order valence-electron chi connectivity index (χ3n) is 1.44. The number of hydrogen-bond donors (Lipinski definition) is 2. The van der Waals surface area contributed by atoms with Crippen LogP contribution in [0.1, 0.15) is 25.3 Å². The largest absolute Gasteiger partial charge is 2.00 e. The van der Waals surface area contributed by atoms with E-state index >= 15 is 0 Å². The Balaban J connectivity index is -0.0000000219. The van der Waals surface area contributed by atoms with Crippen molar-refractivity contribution in [2.75, 3.05) is 0 Å². The van der Waals surface area contributed by atoms with E-state index in [1.165, 1.54) is 0 Å². The summed E-state index contributed by atoms with van der Waals surface area (Å²) in [4.78, 5) is 43.3. The molecular weight excluding hydrogens is 345 g/mol. The zero-order chi connectivity index (χ0) is 14.3. The van der Waals surface area contributed by atoms with Crippen molar-refractivity contribution in [2.45, 2.75) is 26.1 Å². The molecule has 0 heterocycles. The van der Waals surface area contributed by atoms with Crippen molar-refractivity contribution in [3.8, 4) is 0 Å². The maximum Gasteiger partial charge on any atom is 2.00 e. The fraction of sp³-hybridized carbons (Fsp3) is 0.400. The van der Waals surface area contributed by atoms with Crippen LogP contribution in [0.3, 0.4) is 0 Å². The van der Waals surface area contributed by atoms with Crippen molar-refractivity contribution in [1.29, 1.82) is 0 Å². The molecule has 0 aromatic rings. The molecule has 0 fully saturated rings. The molecule has 8 nitrogen and oxygen atoms in total. The number of hydrogen-bond acceptors (Lipinski definition) is 8. The van der Waals surface area contributed by atoms with Crippen molar-refractivity contribution >= 4 is 116 Å². The molecule has 0 aromatic heterocycles. The number of carbonyl (C=O) groups is 4. The van der Waals surface area contributed by atoms with Gasteiger partial charge < -0.3 is 31.1 Å². The molecule has 2 atom stereocenters. The summed E-state index contributed by atoms with van der Waals surface area (Å²) in [6.45, 7) is 2.18. The van der Waals surface area contributed by atoms with Crippen molar-refractivity contribution in [2.24, 2.45) is 0 Å². The van der Waals surface area contributed by atoms with Crippen LogP contribution in [-0.2, 0) is 28.7 Å². The Morgan fingerprint density at radius 2 is 1.00 bits per heavy atom. The van der Waals surface area contributed by atoms with Gasteiger partial charge in [-0.25, -0.2) is 19.2 Å². The SMILES string of the molecule is CC(O)C(=O)OC(=O)/C=C/C(=O)OC(=O)C(C)O.[H-].[H-].[H-].[H-].[H-].[H-].[H-].[H-].[Mg+2].[Mg+2].[Mg+2].[Mg+2]. The molecule has 12 heteroatoms. The van der Waals surface area contributed by atoms with E-state index in [0.717, 1.165) is 13.8 Å². The molecule has 0 saturated carbocycles. The van der Waals surface area contributed by atoms with Gasteiger partial charge in [0.2, 0.25) is 0 Å². The fourth-order valence-corrected chi connectivity index (χ4v) is 0.573. The second-order valence-electron chi connectivity index (χ2n) is 3.17. The molecule has 0 aliphatic heterocycles. The molecule has 0 spiro atoms. The molecule has 2 unspecified atom stereocenters. The van der Waals surface area contributed by atoms with E-state index in [1.54, 1.807) is 0 Å². The van der Waals surface area contributed by atoms with Crippen molar-refractivity contribution in [3.05, 3.63) is 12.2 Å². The van der Waals surface area contributed by atoms with Gasteiger partial charge in [-0.3, -0.25) is 0 Å². The van der Waals surface area contributed by atoms with Crippen LogP contribution in [0.15, 0.2) is 12.2 Å². The van der Waals surface area contributed by atoms with Gasteiger partial charge in [-0.05, 0) is 13.8 Å². The zero-order valence-electron chi connectivity index (χ0n) is 20.5. The second-order valence-corrected chi connectivity index (χ2v) is 3.17. The van der Waals surface area contributed by atoms with E-state index in [2.05, 4.69) is 9.47 Å². The van der Waals surface area contributed by atoms with Crippen LogP contribution in [0.25, 0.3) is 0 Å². The Kier molecular flexibility index (Phi) is 28.7. The van der Waals surface area contributed by atoms with Crippen LogP contribution in [0, 0.1) is 0 Å². The Morgan fingerprint density at radius 3 is 1.18 bits per heavy atom. The molecule has 0 amide bonds. The predicted molar refractivity (Wildman–Crippen MR) is 86.6 cm³/mol. The summed E-state index contributed by atoms with van der Waals surface area (Å²) in [7, 11) is 0. The smallest absolute Gasteiger partial charge is 1.00 e. The summed E-state index contributed by atoms with van der Waals surface area (Å²) in [5.41, 5.74) is 0. The fourth-order valence-electron chi connectivity index (χ4n) is 0.573. The molecule has 0 aromatic carbocycles. The third-order valence-corrected chi connectivity index (χ3v) is 1.44. The predicted octanol–water partition coefficient (Wildman–Crippen LogP) is -2.18. The van der Waals surface area contributed by atoms with Gasteiger partial charge in [0, 0.05) is 12.2 Å². The molecule has 0 saturated heterocycles. The molecule has 0 bridgehead atoms. The maximum absolute atomic E-state index is 10.9. The first-order chi connectivity index (χ1) is 8.23. The third kappa shape index (κ3) is 17.4. The standard InChI is InChI=1S/C10H12O8.4Mg.8H/c1-5(11)9(15)17-7(13)3-4-8(14)18-10(16)6(2)12;;;;;;;;;;;;/h3-6,11-12H,1-2H3;;;;;;;;;;;;/q;4*+2;8*-1/b4-3+;;;;;;;;;;;;. The number of carbonyl (C=O) groups excluding carboxylic acids is 4. The van der Waals surface area contributed by atoms with Crippen LogP contribution in [-0.4, -0.2) is 139 Å². The van der Waals surface area contributed by atoms with E-state index in [-0.39, 0.29) is 104 Å². The van der Waals surface area contributed by atoms with Crippen LogP contribution < -0.4 is 0 Å². The monoisotopic (exact) mass is 364 g/mol. The quantitative estimate of drug-likeness (QED) is 0.249. The van der Waals surface area contributed by atoms with Gasteiger partial charge in [0.1, 0.15) is 12.2 Å². The molecule has 0 aliphatic carbocycles. The van der Waals surface area contributed by atoms with E-state index in [9.17, 15) is 19.2 Å². The van der Waals surface area contributed by atoms with E-state index in [0.29, 0.717) is 12.2 Å². The topological polar surface area (TPSA) is 127 Å². The first-order valence-electron chi connectivity index (χ1n) is 4.79. The summed E-state index contributed by atoms with van der Waals surface area (Å²) in [6, 6.07) is 0. The summed E-state index contributed by atoms with van der Waals surface area (Å²) in [5.74, 6) is -4.78. The van der Waals surface area contributed by atoms with Crippen LogP contribution in [0.2, 0.25) is 0 Å². The van der Waals surface area contributed by atoms with E-state index < -0.39 is 36.1 Å². The molecule has 0 radical (unpaired) electrons. The van der Waals surface area contributed by atoms with Crippen molar-refractivity contribution in [3.63, 3.8) is 0 Å². The van der Waals surface area contributed by atoms with Gasteiger partial charge in [0.25, 0.3) is 0 Å². The zero-order valence-corrected chi connectivity index (χ0v) is 18.1. The van der Waals surface area contributed by atoms with Gasteiger partial charge in [0.05, 0.1) is 0 Å². The number of ether oxygens (including phenoxy) is 2. The first-order valence-corrected chi connectivity index (χ1v) is 4.79. The summed E-state index contributed by atoms with van der Waals surface area (Å²) < 4.78 is 8.12. The Morgan fingerprint density at radius 1 is 0.773 bits per heavy atom. The Bertz CT molecular complexity index is 383. The number of esters is 4. The van der Waals surface area contributed by atoms with Crippen LogP contribution in [0.4, 0.5) is 0 Å². The normalized spacial score (nSPS) is 11.3. The average Bonchev–Trinajstić information content (AvgIpc) is 2.25. The van der Waals surface area contributed by atoms with Gasteiger partial charge in [0.15, 0.2) is 0 Å². The van der Waals surface area contributed by atoms with Crippen LogP contribution in [0.5, 0.6) is 0 Å². The summed E-state index contributed by atoms with van der Waals surface area (Å²) >= 11 is 0. The maximum atomic E-state index is 10.9. The van der Waals surface area contributed by atoms with Gasteiger partial charge in [-0.2, -0.15) is 0 Å². The summed E-state index contributed by atoms with van der Waals surface area (Å²) in [6.07, 6.45) is -1.88. The Hall–Kier alpha value is 1.00. The second kappa shape index (κ2) is 18.3. The molecule has 2 N–H and O–H groups in total. The van der Waals surface area contributed by atoms with Crippen molar-refractivity contribution in [1.82, 2.24) is 0 Å². The molecular formula is C10H20Mg4O8. The average molecular weight is 365 g/mol. The molecule has 116 valence electrons. The molecule has 22 heavy (non-hydrogen) atoms. The van der Waals surface area contributed by atoms with Crippen LogP contribution >= 0.6 is 0 Å². The van der Waals surface area contributed by atoms with E-state index in [4.69, 9.17) is 10.2 Å². The van der Waals surface area contributed by atoms with Gasteiger partial charge in [-0.15, -0.1) is 0 Å². The minimum absolute atomic E-state index is 0. The molecule has 0 rings (SSSR count). The molecule has 0 aliphatic rings. The Labute approximate surface area is 203 Å². The van der Waals surface area contributed by atoms with Gasteiger partial charge >= 0.3 is 116 Å². The minimum atomic E-state index is -1.48. The number of rotatable bonds is 4. The first kappa shape index (κ1) is 34.4. The summed E-state index contributed by atoms with van der Waals surface area (Å²) in [5, 5.41) is 17.4. The van der Waals surface area contributed by atoms with Crippen molar-refractivity contribution < 1.29 is 50.3 Å². The number of aliphatic hydroxyl groups is 2.